The Bertz CT molecular complexity index is 556. The van der Waals surface area contributed by atoms with Gasteiger partial charge in [0.05, 0.1) is 5.02 Å². The highest BCUT2D eigenvalue weighted by atomic mass is 35.5. The maximum atomic E-state index is 6.42. The van der Waals surface area contributed by atoms with Crippen molar-refractivity contribution in [2.45, 2.75) is 25.4 Å². The number of aromatic nitrogens is 1. The minimum absolute atomic E-state index is 0.610. The lowest BCUT2D eigenvalue weighted by Crippen LogP contribution is -2.40. The summed E-state index contributed by atoms with van der Waals surface area (Å²) in [6, 6.07) is 8.80. The molecule has 1 saturated heterocycles. The van der Waals surface area contributed by atoms with E-state index in [1.54, 1.807) is 0 Å². The van der Waals surface area contributed by atoms with Crippen LogP contribution in [-0.4, -0.2) is 36.1 Å². The van der Waals surface area contributed by atoms with Crippen LogP contribution in [0.25, 0.3) is 10.9 Å². The quantitative estimate of drug-likeness (QED) is 0.904. The van der Waals surface area contributed by atoms with Crippen molar-refractivity contribution < 1.29 is 0 Å². The van der Waals surface area contributed by atoms with E-state index in [0.29, 0.717) is 6.04 Å². The molecular weight excluding hydrogens is 258 g/mol. The highest BCUT2D eigenvalue weighted by Crippen LogP contribution is 2.27. The van der Waals surface area contributed by atoms with Gasteiger partial charge in [-0.15, -0.1) is 0 Å². The minimum Gasteiger partial charge on any atom is -0.356 e. The number of rotatable bonds is 3. The molecule has 1 fully saturated rings. The Labute approximate surface area is 118 Å². The van der Waals surface area contributed by atoms with Gasteiger partial charge in [-0.05, 0) is 39.0 Å². The topological polar surface area (TPSA) is 31.1 Å². The molecular formula is C15H20ClN3. The van der Waals surface area contributed by atoms with Crippen molar-refractivity contribution in [3.8, 4) is 0 Å². The zero-order chi connectivity index (χ0) is 13.2. The molecule has 19 heavy (non-hydrogen) atoms. The van der Waals surface area contributed by atoms with Gasteiger partial charge in [-0.1, -0.05) is 29.8 Å². The van der Waals surface area contributed by atoms with Crippen LogP contribution in [0.15, 0.2) is 24.3 Å². The van der Waals surface area contributed by atoms with Crippen molar-refractivity contribution in [3.05, 3.63) is 35.0 Å². The predicted molar refractivity (Wildman–Crippen MR) is 80.7 cm³/mol. The SMILES string of the molecule is CN1CCC(NCc2[nH]c3ccccc3c2Cl)CC1. The first-order chi connectivity index (χ1) is 9.24. The first-order valence-electron chi connectivity index (χ1n) is 6.91. The number of nitrogens with one attached hydrogen (secondary N) is 2. The van der Waals surface area contributed by atoms with Crippen LogP contribution in [0.3, 0.4) is 0 Å². The van der Waals surface area contributed by atoms with Gasteiger partial charge < -0.3 is 15.2 Å². The maximum absolute atomic E-state index is 6.42. The molecule has 0 saturated carbocycles. The second kappa shape index (κ2) is 5.53. The number of halogens is 1. The lowest BCUT2D eigenvalue weighted by atomic mass is 10.1. The first kappa shape index (κ1) is 13.0. The molecule has 0 aliphatic carbocycles. The van der Waals surface area contributed by atoms with Gasteiger partial charge in [0.25, 0.3) is 0 Å². The molecule has 0 unspecified atom stereocenters. The molecule has 1 aromatic heterocycles. The summed E-state index contributed by atoms with van der Waals surface area (Å²) in [7, 11) is 2.19. The van der Waals surface area contributed by atoms with Crippen LogP contribution in [0.2, 0.25) is 5.02 Å². The molecule has 3 nitrogen and oxygen atoms in total. The van der Waals surface area contributed by atoms with Crippen molar-refractivity contribution in [1.29, 1.82) is 0 Å². The summed E-state index contributed by atoms with van der Waals surface area (Å²) in [6.45, 7) is 3.18. The second-order valence-corrected chi connectivity index (χ2v) is 5.80. The van der Waals surface area contributed by atoms with E-state index in [1.165, 1.54) is 25.9 Å². The van der Waals surface area contributed by atoms with Gasteiger partial charge in [0.2, 0.25) is 0 Å². The Balaban J connectivity index is 1.67. The highest BCUT2D eigenvalue weighted by Gasteiger charge is 2.17. The maximum Gasteiger partial charge on any atom is 0.0705 e. The third-order valence-electron chi connectivity index (χ3n) is 4.00. The van der Waals surface area contributed by atoms with E-state index in [0.717, 1.165) is 28.2 Å². The van der Waals surface area contributed by atoms with Gasteiger partial charge >= 0.3 is 0 Å². The summed E-state index contributed by atoms with van der Waals surface area (Å²) < 4.78 is 0. The molecule has 1 aliphatic rings. The Morgan fingerprint density at radius 1 is 1.32 bits per heavy atom. The van der Waals surface area contributed by atoms with E-state index in [2.05, 4.69) is 34.4 Å². The van der Waals surface area contributed by atoms with Crippen molar-refractivity contribution >= 4 is 22.5 Å². The number of likely N-dealkylation sites (tertiary alicyclic amines) is 1. The van der Waals surface area contributed by atoms with E-state index >= 15 is 0 Å². The number of hydrogen-bond acceptors (Lipinski definition) is 2. The Hall–Kier alpha value is -1.03. The van der Waals surface area contributed by atoms with Crippen LogP contribution in [0.5, 0.6) is 0 Å². The largest absolute Gasteiger partial charge is 0.356 e. The second-order valence-electron chi connectivity index (χ2n) is 5.42. The highest BCUT2D eigenvalue weighted by molar-refractivity contribution is 6.36. The zero-order valence-corrected chi connectivity index (χ0v) is 12.0. The lowest BCUT2D eigenvalue weighted by molar-refractivity contribution is 0.234. The van der Waals surface area contributed by atoms with Crippen LogP contribution in [-0.2, 0) is 6.54 Å². The van der Waals surface area contributed by atoms with Crippen LogP contribution < -0.4 is 5.32 Å². The fraction of sp³-hybridized carbons (Fsp3) is 0.467. The van der Waals surface area contributed by atoms with Crippen LogP contribution in [0.4, 0.5) is 0 Å². The fourth-order valence-electron chi connectivity index (χ4n) is 2.74. The summed E-state index contributed by atoms with van der Waals surface area (Å²) >= 11 is 6.42. The number of fused-ring (bicyclic) bond motifs is 1. The molecule has 1 aromatic carbocycles. The molecule has 0 spiro atoms. The number of hydrogen-bond donors (Lipinski definition) is 2. The van der Waals surface area contributed by atoms with E-state index in [9.17, 15) is 0 Å². The average Bonchev–Trinajstić information content (AvgIpc) is 2.76. The van der Waals surface area contributed by atoms with E-state index in [1.807, 2.05) is 12.1 Å². The number of nitrogens with zero attached hydrogens (tertiary/aromatic N) is 1. The molecule has 2 heterocycles. The molecule has 1 aliphatic heterocycles. The smallest absolute Gasteiger partial charge is 0.0705 e. The zero-order valence-electron chi connectivity index (χ0n) is 11.2. The first-order valence-corrected chi connectivity index (χ1v) is 7.29. The van der Waals surface area contributed by atoms with Crippen LogP contribution >= 0.6 is 11.6 Å². The summed E-state index contributed by atoms with van der Waals surface area (Å²) in [5.74, 6) is 0. The molecule has 4 heteroatoms. The van der Waals surface area contributed by atoms with Gasteiger partial charge in [0.15, 0.2) is 0 Å². The predicted octanol–water partition coefficient (Wildman–Crippen LogP) is 3.01. The van der Waals surface area contributed by atoms with Gasteiger partial charge in [-0.25, -0.2) is 0 Å². The van der Waals surface area contributed by atoms with E-state index in [4.69, 9.17) is 11.6 Å². The number of benzene rings is 1. The van der Waals surface area contributed by atoms with Crippen molar-refractivity contribution in [2.24, 2.45) is 0 Å². The molecule has 2 N–H and O–H groups in total. The molecule has 3 rings (SSSR count). The average molecular weight is 278 g/mol. The normalized spacial score (nSPS) is 18.2. The van der Waals surface area contributed by atoms with Crippen molar-refractivity contribution in [3.63, 3.8) is 0 Å². The minimum atomic E-state index is 0.610. The van der Waals surface area contributed by atoms with Gasteiger partial charge in [0.1, 0.15) is 0 Å². The Morgan fingerprint density at radius 2 is 2.05 bits per heavy atom. The summed E-state index contributed by atoms with van der Waals surface area (Å²) in [5, 5.41) is 5.59. The summed E-state index contributed by atoms with van der Waals surface area (Å²) in [6.07, 6.45) is 2.43. The number of aromatic amines is 1. The number of para-hydroxylation sites is 1. The third kappa shape index (κ3) is 2.78. The van der Waals surface area contributed by atoms with Gasteiger partial charge in [0, 0.05) is 29.2 Å². The third-order valence-corrected chi connectivity index (χ3v) is 4.43. The molecule has 0 bridgehead atoms. The van der Waals surface area contributed by atoms with E-state index in [-0.39, 0.29) is 0 Å². The molecule has 2 aromatic rings. The molecule has 0 radical (unpaired) electrons. The molecule has 0 amide bonds. The molecule has 102 valence electrons. The fourth-order valence-corrected chi connectivity index (χ4v) is 3.02. The monoisotopic (exact) mass is 277 g/mol. The molecule has 0 atom stereocenters. The van der Waals surface area contributed by atoms with Crippen LogP contribution in [0, 0.1) is 0 Å². The summed E-state index contributed by atoms with van der Waals surface area (Å²) in [5.41, 5.74) is 2.22. The number of H-pyrrole nitrogens is 1. The summed E-state index contributed by atoms with van der Waals surface area (Å²) in [4.78, 5) is 5.79. The Kier molecular flexibility index (Phi) is 3.78. The number of piperidine rings is 1. The van der Waals surface area contributed by atoms with Crippen molar-refractivity contribution in [1.82, 2.24) is 15.2 Å². The Morgan fingerprint density at radius 3 is 2.79 bits per heavy atom. The van der Waals surface area contributed by atoms with Gasteiger partial charge in [-0.2, -0.15) is 0 Å². The van der Waals surface area contributed by atoms with Gasteiger partial charge in [-0.3, -0.25) is 0 Å². The van der Waals surface area contributed by atoms with E-state index < -0.39 is 0 Å². The van der Waals surface area contributed by atoms with Crippen molar-refractivity contribution in [2.75, 3.05) is 20.1 Å². The van der Waals surface area contributed by atoms with Crippen LogP contribution in [0.1, 0.15) is 18.5 Å². The lowest BCUT2D eigenvalue weighted by Gasteiger charge is -2.29. The standard InChI is InChI=1S/C15H20ClN3/c1-19-8-6-11(7-9-19)17-10-14-15(16)12-4-2-3-5-13(12)18-14/h2-5,11,17-18H,6-10H2,1H3.